The molecule has 110 valence electrons. The first-order chi connectivity index (χ1) is 9.67. The molecule has 1 fully saturated rings. The summed E-state index contributed by atoms with van der Waals surface area (Å²) < 4.78 is 23.5. The molecule has 0 saturated carbocycles. The van der Waals surface area contributed by atoms with Crippen molar-refractivity contribution in [3.05, 3.63) is 30.1 Å². The quantitative estimate of drug-likeness (QED) is 0.813. The van der Waals surface area contributed by atoms with Crippen molar-refractivity contribution in [2.75, 3.05) is 13.2 Å². The number of hydrogen-bond acceptors (Lipinski definition) is 4. The van der Waals surface area contributed by atoms with Crippen LogP contribution in [0.1, 0.15) is 26.2 Å². The summed E-state index contributed by atoms with van der Waals surface area (Å²) in [7, 11) is 0. The number of benzene rings is 1. The van der Waals surface area contributed by atoms with Gasteiger partial charge < -0.3 is 14.8 Å². The Bertz CT molecular complexity index is 435. The summed E-state index contributed by atoms with van der Waals surface area (Å²) in [5, 5.41) is 3.33. The molecule has 0 bridgehead atoms. The SMILES string of the molecule is CCOC(=O)CC[C@@H]1C[C@@H](Oc2ccc(F)cc2)CN1. The summed E-state index contributed by atoms with van der Waals surface area (Å²) in [5.74, 6) is 0.246. The van der Waals surface area contributed by atoms with Crippen LogP contribution < -0.4 is 10.1 Å². The number of esters is 1. The van der Waals surface area contributed by atoms with E-state index in [0.717, 1.165) is 19.4 Å². The normalized spacial score (nSPS) is 21.7. The third-order valence-electron chi connectivity index (χ3n) is 3.30. The van der Waals surface area contributed by atoms with E-state index in [-0.39, 0.29) is 23.9 Å². The summed E-state index contributed by atoms with van der Waals surface area (Å²) in [6.07, 6.45) is 2.08. The molecule has 1 N–H and O–H groups in total. The molecule has 20 heavy (non-hydrogen) atoms. The Labute approximate surface area is 118 Å². The summed E-state index contributed by atoms with van der Waals surface area (Å²) >= 11 is 0. The Morgan fingerprint density at radius 3 is 2.85 bits per heavy atom. The zero-order valence-corrected chi connectivity index (χ0v) is 11.6. The molecule has 1 aromatic rings. The lowest BCUT2D eigenvalue weighted by molar-refractivity contribution is -0.143. The van der Waals surface area contributed by atoms with Crippen molar-refractivity contribution in [1.82, 2.24) is 5.32 Å². The average Bonchev–Trinajstić information content (AvgIpc) is 2.87. The highest BCUT2D eigenvalue weighted by Crippen LogP contribution is 2.19. The zero-order chi connectivity index (χ0) is 14.4. The molecule has 0 amide bonds. The second kappa shape index (κ2) is 7.24. The lowest BCUT2D eigenvalue weighted by Gasteiger charge is -2.13. The van der Waals surface area contributed by atoms with Gasteiger partial charge in [0.15, 0.2) is 0 Å². The number of halogens is 1. The number of rotatable bonds is 6. The molecule has 2 rings (SSSR count). The maximum absolute atomic E-state index is 12.8. The monoisotopic (exact) mass is 281 g/mol. The lowest BCUT2D eigenvalue weighted by Crippen LogP contribution is -2.23. The molecule has 4 nitrogen and oxygen atoms in total. The molecular formula is C15H20FNO3. The van der Waals surface area contributed by atoms with E-state index in [1.54, 1.807) is 19.1 Å². The van der Waals surface area contributed by atoms with Gasteiger partial charge in [0.25, 0.3) is 0 Å². The largest absolute Gasteiger partial charge is 0.489 e. The fraction of sp³-hybridized carbons (Fsp3) is 0.533. The van der Waals surface area contributed by atoms with E-state index in [0.29, 0.717) is 18.8 Å². The molecule has 1 heterocycles. The Kier molecular flexibility index (Phi) is 5.35. The molecule has 0 radical (unpaired) electrons. The highest BCUT2D eigenvalue weighted by Gasteiger charge is 2.25. The highest BCUT2D eigenvalue weighted by molar-refractivity contribution is 5.69. The Morgan fingerprint density at radius 2 is 2.15 bits per heavy atom. The highest BCUT2D eigenvalue weighted by atomic mass is 19.1. The van der Waals surface area contributed by atoms with Gasteiger partial charge in [-0.2, -0.15) is 0 Å². The van der Waals surface area contributed by atoms with Crippen LogP contribution in [0, 0.1) is 5.82 Å². The molecule has 1 aromatic carbocycles. The lowest BCUT2D eigenvalue weighted by atomic mass is 10.1. The molecule has 0 spiro atoms. The molecule has 5 heteroatoms. The van der Waals surface area contributed by atoms with E-state index in [1.807, 2.05) is 0 Å². The fourth-order valence-electron chi connectivity index (χ4n) is 2.32. The number of carbonyl (C=O) groups excluding carboxylic acids is 1. The standard InChI is InChI=1S/C15H20FNO3/c1-2-19-15(18)8-5-12-9-14(10-17-12)20-13-6-3-11(16)4-7-13/h3-4,6-7,12,14,17H,2,5,8-10H2,1H3/t12-,14-/m1/s1. The minimum atomic E-state index is -0.269. The Hall–Kier alpha value is -1.62. The first-order valence-corrected chi connectivity index (χ1v) is 6.98. The molecule has 1 aliphatic rings. The predicted octanol–water partition coefficient (Wildman–Crippen LogP) is 2.28. The van der Waals surface area contributed by atoms with Gasteiger partial charge in [0, 0.05) is 25.4 Å². The molecule has 0 unspecified atom stereocenters. The van der Waals surface area contributed by atoms with Crippen LogP contribution in [0.2, 0.25) is 0 Å². The summed E-state index contributed by atoms with van der Waals surface area (Å²) in [6, 6.07) is 6.29. The second-order valence-corrected chi connectivity index (χ2v) is 4.88. The molecule has 0 aliphatic carbocycles. The van der Waals surface area contributed by atoms with E-state index < -0.39 is 0 Å². The van der Waals surface area contributed by atoms with Crippen molar-refractivity contribution in [1.29, 1.82) is 0 Å². The maximum atomic E-state index is 12.8. The first kappa shape index (κ1) is 14.8. The third-order valence-corrected chi connectivity index (χ3v) is 3.30. The average molecular weight is 281 g/mol. The summed E-state index contributed by atoms with van der Waals surface area (Å²) in [5.41, 5.74) is 0. The van der Waals surface area contributed by atoms with Crippen LogP contribution in [0.15, 0.2) is 24.3 Å². The van der Waals surface area contributed by atoms with Gasteiger partial charge in [0.05, 0.1) is 6.61 Å². The van der Waals surface area contributed by atoms with Crippen molar-refractivity contribution in [3.8, 4) is 5.75 Å². The number of nitrogens with one attached hydrogen (secondary N) is 1. The van der Waals surface area contributed by atoms with E-state index in [1.165, 1.54) is 12.1 Å². The van der Waals surface area contributed by atoms with E-state index >= 15 is 0 Å². The van der Waals surface area contributed by atoms with Gasteiger partial charge in [-0.3, -0.25) is 4.79 Å². The van der Waals surface area contributed by atoms with Crippen LogP contribution in [0.4, 0.5) is 4.39 Å². The molecule has 1 saturated heterocycles. The smallest absolute Gasteiger partial charge is 0.305 e. The van der Waals surface area contributed by atoms with Gasteiger partial charge in [-0.05, 0) is 37.6 Å². The van der Waals surface area contributed by atoms with Gasteiger partial charge >= 0.3 is 5.97 Å². The minimum Gasteiger partial charge on any atom is -0.489 e. The second-order valence-electron chi connectivity index (χ2n) is 4.88. The van der Waals surface area contributed by atoms with Crippen LogP contribution in [-0.4, -0.2) is 31.3 Å². The van der Waals surface area contributed by atoms with Crippen molar-refractivity contribution in [3.63, 3.8) is 0 Å². The minimum absolute atomic E-state index is 0.0626. The van der Waals surface area contributed by atoms with Gasteiger partial charge in [-0.15, -0.1) is 0 Å². The van der Waals surface area contributed by atoms with E-state index in [4.69, 9.17) is 9.47 Å². The van der Waals surface area contributed by atoms with Crippen molar-refractivity contribution in [2.24, 2.45) is 0 Å². The Morgan fingerprint density at radius 1 is 1.40 bits per heavy atom. The molecular weight excluding hydrogens is 261 g/mol. The summed E-state index contributed by atoms with van der Waals surface area (Å²) in [6.45, 7) is 2.97. The van der Waals surface area contributed by atoms with Crippen molar-refractivity contribution >= 4 is 5.97 Å². The van der Waals surface area contributed by atoms with Gasteiger partial charge in [0.1, 0.15) is 17.7 Å². The van der Waals surface area contributed by atoms with E-state index in [9.17, 15) is 9.18 Å². The van der Waals surface area contributed by atoms with Gasteiger partial charge in [-0.25, -0.2) is 4.39 Å². The topological polar surface area (TPSA) is 47.6 Å². The fourth-order valence-corrected chi connectivity index (χ4v) is 2.32. The summed E-state index contributed by atoms with van der Waals surface area (Å²) in [4.78, 5) is 11.3. The van der Waals surface area contributed by atoms with Crippen LogP contribution in [0.5, 0.6) is 5.75 Å². The van der Waals surface area contributed by atoms with Crippen LogP contribution in [-0.2, 0) is 9.53 Å². The molecule has 1 aliphatic heterocycles. The van der Waals surface area contributed by atoms with Crippen molar-refractivity contribution < 1.29 is 18.7 Å². The maximum Gasteiger partial charge on any atom is 0.305 e. The van der Waals surface area contributed by atoms with Crippen LogP contribution >= 0.6 is 0 Å². The van der Waals surface area contributed by atoms with Gasteiger partial charge in [-0.1, -0.05) is 0 Å². The Balaban J connectivity index is 1.72. The zero-order valence-electron chi connectivity index (χ0n) is 11.6. The molecule has 2 atom stereocenters. The van der Waals surface area contributed by atoms with Crippen molar-refractivity contribution in [2.45, 2.75) is 38.3 Å². The predicted molar refractivity (Wildman–Crippen MR) is 73.1 cm³/mol. The first-order valence-electron chi connectivity index (χ1n) is 6.98. The number of ether oxygens (including phenoxy) is 2. The third kappa shape index (κ3) is 4.49. The van der Waals surface area contributed by atoms with Crippen LogP contribution in [0.25, 0.3) is 0 Å². The van der Waals surface area contributed by atoms with Crippen LogP contribution in [0.3, 0.4) is 0 Å². The number of hydrogen-bond donors (Lipinski definition) is 1. The van der Waals surface area contributed by atoms with E-state index in [2.05, 4.69) is 5.32 Å². The van der Waals surface area contributed by atoms with Gasteiger partial charge in [0.2, 0.25) is 0 Å². The number of carbonyl (C=O) groups is 1. The molecule has 0 aromatic heterocycles.